The molecule has 1 N–H and O–H groups in total. The van der Waals surface area contributed by atoms with Crippen molar-refractivity contribution >= 4 is 5.91 Å². The van der Waals surface area contributed by atoms with Gasteiger partial charge in [-0.15, -0.1) is 0 Å². The van der Waals surface area contributed by atoms with Crippen LogP contribution in [0.5, 0.6) is 5.75 Å². The zero-order valence-corrected chi connectivity index (χ0v) is 16.6. The molecule has 0 saturated carbocycles. The monoisotopic (exact) mass is 366 g/mol. The van der Waals surface area contributed by atoms with Crippen molar-refractivity contribution in [1.29, 1.82) is 0 Å². The van der Waals surface area contributed by atoms with Gasteiger partial charge in [0.15, 0.2) is 0 Å². The average molecular weight is 367 g/mol. The standard InChI is InChI=1S/C23H30N2O2/c1-17-8-10-19(11-9-17)16-25-14-12-20(13-15-25)23(26)24-18(2)21-6-4-5-7-22(21)27-3/h4-11,18,20H,12-16H2,1-3H3,(H,24,26)/t18-/m1/s1. The second kappa shape index (κ2) is 9.05. The first kappa shape index (κ1) is 19.4. The van der Waals surface area contributed by atoms with E-state index in [0.29, 0.717) is 0 Å². The van der Waals surface area contributed by atoms with Gasteiger partial charge < -0.3 is 10.1 Å². The molecule has 144 valence electrons. The number of piperidine rings is 1. The van der Waals surface area contributed by atoms with E-state index < -0.39 is 0 Å². The van der Waals surface area contributed by atoms with E-state index in [9.17, 15) is 4.79 Å². The summed E-state index contributed by atoms with van der Waals surface area (Å²) in [5.74, 6) is 1.07. The Kier molecular flexibility index (Phi) is 6.51. The first-order valence-corrected chi connectivity index (χ1v) is 9.78. The van der Waals surface area contributed by atoms with Gasteiger partial charge in [0.25, 0.3) is 0 Å². The van der Waals surface area contributed by atoms with E-state index in [1.165, 1.54) is 11.1 Å². The Morgan fingerprint density at radius 1 is 1.15 bits per heavy atom. The van der Waals surface area contributed by atoms with Gasteiger partial charge in [-0.3, -0.25) is 9.69 Å². The van der Waals surface area contributed by atoms with Gasteiger partial charge in [-0.05, 0) is 51.4 Å². The van der Waals surface area contributed by atoms with Gasteiger partial charge in [0.2, 0.25) is 5.91 Å². The molecular formula is C23H30N2O2. The molecule has 1 fully saturated rings. The van der Waals surface area contributed by atoms with Crippen molar-refractivity contribution in [2.24, 2.45) is 5.92 Å². The van der Waals surface area contributed by atoms with E-state index in [0.717, 1.165) is 43.8 Å². The number of hydrogen-bond donors (Lipinski definition) is 1. The molecular weight excluding hydrogens is 336 g/mol. The second-order valence-electron chi connectivity index (χ2n) is 7.51. The maximum Gasteiger partial charge on any atom is 0.223 e. The zero-order chi connectivity index (χ0) is 19.2. The third-order valence-electron chi connectivity index (χ3n) is 5.45. The molecule has 1 atom stereocenters. The highest BCUT2D eigenvalue weighted by molar-refractivity contribution is 5.79. The summed E-state index contributed by atoms with van der Waals surface area (Å²) in [5.41, 5.74) is 3.65. The number of carbonyl (C=O) groups excluding carboxylic acids is 1. The van der Waals surface area contributed by atoms with Crippen LogP contribution in [-0.4, -0.2) is 31.0 Å². The Labute approximate surface area is 162 Å². The predicted molar refractivity (Wildman–Crippen MR) is 109 cm³/mol. The maximum atomic E-state index is 12.7. The molecule has 1 saturated heterocycles. The van der Waals surface area contributed by atoms with Crippen LogP contribution in [0, 0.1) is 12.8 Å². The summed E-state index contributed by atoms with van der Waals surface area (Å²) in [4.78, 5) is 15.2. The number of hydrogen-bond acceptors (Lipinski definition) is 3. The number of aryl methyl sites for hydroxylation is 1. The van der Waals surface area contributed by atoms with E-state index in [1.54, 1.807) is 7.11 Å². The molecule has 2 aromatic carbocycles. The molecule has 0 aromatic heterocycles. The lowest BCUT2D eigenvalue weighted by Crippen LogP contribution is -2.40. The largest absolute Gasteiger partial charge is 0.496 e. The second-order valence-corrected chi connectivity index (χ2v) is 7.51. The number of benzene rings is 2. The summed E-state index contributed by atoms with van der Waals surface area (Å²) in [5, 5.41) is 3.17. The predicted octanol–water partition coefficient (Wildman–Crippen LogP) is 4.09. The minimum atomic E-state index is -0.0563. The number of ether oxygens (including phenoxy) is 1. The van der Waals surface area contributed by atoms with Gasteiger partial charge in [-0.2, -0.15) is 0 Å². The molecule has 0 bridgehead atoms. The van der Waals surface area contributed by atoms with E-state index in [-0.39, 0.29) is 17.9 Å². The van der Waals surface area contributed by atoms with Gasteiger partial charge in [0.05, 0.1) is 13.2 Å². The molecule has 27 heavy (non-hydrogen) atoms. The quantitative estimate of drug-likeness (QED) is 0.837. The van der Waals surface area contributed by atoms with Crippen molar-refractivity contribution in [2.75, 3.05) is 20.2 Å². The molecule has 0 aliphatic carbocycles. The first-order valence-electron chi connectivity index (χ1n) is 9.78. The Hall–Kier alpha value is -2.33. The van der Waals surface area contributed by atoms with Crippen LogP contribution in [0.25, 0.3) is 0 Å². The van der Waals surface area contributed by atoms with Gasteiger partial charge in [0, 0.05) is 18.0 Å². The summed E-state index contributed by atoms with van der Waals surface area (Å²) in [6.45, 7) is 7.03. The van der Waals surface area contributed by atoms with Gasteiger partial charge in [-0.1, -0.05) is 48.0 Å². The number of nitrogens with one attached hydrogen (secondary N) is 1. The molecule has 2 aromatic rings. The number of carbonyl (C=O) groups is 1. The zero-order valence-electron chi connectivity index (χ0n) is 16.6. The smallest absolute Gasteiger partial charge is 0.223 e. The Balaban J connectivity index is 1.50. The molecule has 1 aliphatic rings. The summed E-state index contributed by atoms with van der Waals surface area (Å²) in [6, 6.07) is 16.5. The van der Waals surface area contributed by atoms with Crippen LogP contribution in [0.2, 0.25) is 0 Å². The highest BCUT2D eigenvalue weighted by Crippen LogP contribution is 2.26. The van der Waals surface area contributed by atoms with Crippen LogP contribution in [-0.2, 0) is 11.3 Å². The van der Waals surface area contributed by atoms with Gasteiger partial charge in [0.1, 0.15) is 5.75 Å². The summed E-state index contributed by atoms with van der Waals surface area (Å²) in [7, 11) is 1.66. The van der Waals surface area contributed by atoms with Crippen LogP contribution >= 0.6 is 0 Å². The van der Waals surface area contributed by atoms with Gasteiger partial charge >= 0.3 is 0 Å². The minimum Gasteiger partial charge on any atom is -0.496 e. The Morgan fingerprint density at radius 3 is 2.48 bits per heavy atom. The topological polar surface area (TPSA) is 41.6 Å². The van der Waals surface area contributed by atoms with Gasteiger partial charge in [-0.25, -0.2) is 0 Å². The number of amides is 1. The van der Waals surface area contributed by atoms with Crippen molar-refractivity contribution in [3.8, 4) is 5.75 Å². The summed E-state index contributed by atoms with van der Waals surface area (Å²) >= 11 is 0. The summed E-state index contributed by atoms with van der Waals surface area (Å²) < 4.78 is 5.41. The molecule has 1 heterocycles. The van der Waals surface area contributed by atoms with E-state index in [1.807, 2.05) is 31.2 Å². The number of nitrogens with zero attached hydrogens (tertiary/aromatic N) is 1. The first-order chi connectivity index (χ1) is 13.1. The molecule has 0 unspecified atom stereocenters. The van der Waals surface area contributed by atoms with Crippen LogP contribution in [0.4, 0.5) is 0 Å². The van der Waals surface area contributed by atoms with Crippen molar-refractivity contribution < 1.29 is 9.53 Å². The van der Waals surface area contributed by atoms with Crippen molar-refractivity contribution in [3.63, 3.8) is 0 Å². The van der Waals surface area contributed by atoms with Crippen LogP contribution < -0.4 is 10.1 Å². The van der Waals surface area contributed by atoms with E-state index >= 15 is 0 Å². The number of likely N-dealkylation sites (tertiary alicyclic amines) is 1. The lowest BCUT2D eigenvalue weighted by molar-refractivity contribution is -0.127. The SMILES string of the molecule is COc1ccccc1[C@@H](C)NC(=O)C1CCN(Cc2ccc(C)cc2)CC1. The molecule has 4 heteroatoms. The molecule has 1 amide bonds. The fourth-order valence-electron chi connectivity index (χ4n) is 3.74. The summed E-state index contributed by atoms with van der Waals surface area (Å²) in [6.07, 6.45) is 1.83. The Bertz CT molecular complexity index is 749. The van der Waals surface area contributed by atoms with Crippen LogP contribution in [0.3, 0.4) is 0 Å². The lowest BCUT2D eigenvalue weighted by atomic mass is 9.94. The third kappa shape index (κ3) is 5.10. The molecule has 0 radical (unpaired) electrons. The third-order valence-corrected chi connectivity index (χ3v) is 5.45. The lowest BCUT2D eigenvalue weighted by Gasteiger charge is -2.32. The van der Waals surface area contributed by atoms with Crippen molar-refractivity contribution in [2.45, 2.75) is 39.3 Å². The molecule has 4 nitrogen and oxygen atoms in total. The number of rotatable bonds is 6. The van der Waals surface area contributed by atoms with E-state index in [4.69, 9.17) is 4.74 Å². The highest BCUT2D eigenvalue weighted by Gasteiger charge is 2.26. The fraction of sp³-hybridized carbons (Fsp3) is 0.435. The molecule has 1 aliphatic heterocycles. The van der Waals surface area contributed by atoms with Crippen LogP contribution in [0.1, 0.15) is 42.5 Å². The maximum absolute atomic E-state index is 12.7. The number of para-hydroxylation sites is 1. The van der Waals surface area contributed by atoms with Crippen LogP contribution in [0.15, 0.2) is 48.5 Å². The molecule has 0 spiro atoms. The highest BCUT2D eigenvalue weighted by atomic mass is 16.5. The fourth-order valence-corrected chi connectivity index (χ4v) is 3.74. The molecule has 3 rings (SSSR count). The number of methoxy groups -OCH3 is 1. The Morgan fingerprint density at radius 2 is 1.81 bits per heavy atom. The van der Waals surface area contributed by atoms with E-state index in [2.05, 4.69) is 41.4 Å². The average Bonchev–Trinajstić information content (AvgIpc) is 2.70. The van der Waals surface area contributed by atoms with Crippen molar-refractivity contribution in [1.82, 2.24) is 10.2 Å². The minimum absolute atomic E-state index is 0.0563. The normalized spacial score (nSPS) is 16.7. The van der Waals surface area contributed by atoms with Crippen molar-refractivity contribution in [3.05, 3.63) is 65.2 Å².